The van der Waals surface area contributed by atoms with Crippen LogP contribution in [0.4, 0.5) is 11.9 Å². The smallest absolute Gasteiger partial charge is 0.250 e. The summed E-state index contributed by atoms with van der Waals surface area (Å²) < 4.78 is 1.80. The number of nitrogens with zero attached hydrogens (tertiary/aromatic N) is 3. The fourth-order valence-electron chi connectivity index (χ4n) is 2.93. The van der Waals surface area contributed by atoms with Gasteiger partial charge in [0.1, 0.15) is 6.04 Å². The van der Waals surface area contributed by atoms with Gasteiger partial charge in [0.25, 0.3) is 5.95 Å². The largest absolute Gasteiger partial charge is 0.324 e. The third-order valence-electron chi connectivity index (χ3n) is 4.26. The minimum Gasteiger partial charge on any atom is -0.324 e. The first-order valence-electron chi connectivity index (χ1n) is 8.60. The fraction of sp³-hybridized carbons (Fsp3) is 0.150. The lowest BCUT2D eigenvalue weighted by Gasteiger charge is -2.24. The summed E-state index contributed by atoms with van der Waals surface area (Å²) in [6.45, 7) is 1.80. The zero-order valence-corrected chi connectivity index (χ0v) is 14.4. The van der Waals surface area contributed by atoms with Gasteiger partial charge in [-0.15, -0.1) is 5.10 Å². The van der Waals surface area contributed by atoms with Crippen molar-refractivity contribution < 1.29 is 4.79 Å². The van der Waals surface area contributed by atoms with Crippen molar-refractivity contribution in [2.45, 2.75) is 19.4 Å². The van der Waals surface area contributed by atoms with Gasteiger partial charge in [0.05, 0.1) is 0 Å². The van der Waals surface area contributed by atoms with Crippen LogP contribution in [0.25, 0.3) is 5.70 Å². The Bertz CT molecular complexity index is 947. The van der Waals surface area contributed by atoms with Crippen LogP contribution in [0.15, 0.2) is 66.7 Å². The predicted octanol–water partition coefficient (Wildman–Crippen LogP) is 3.68. The number of nitrogens with one attached hydrogen (secondary N) is 2. The maximum atomic E-state index is 11.7. The molecular formula is C20H19N5O. The second kappa shape index (κ2) is 6.84. The van der Waals surface area contributed by atoms with E-state index in [0.29, 0.717) is 18.3 Å². The number of fused-ring (bicyclic) bond motifs is 1. The molecule has 1 aliphatic rings. The third kappa shape index (κ3) is 3.09. The van der Waals surface area contributed by atoms with Gasteiger partial charge in [-0.1, -0.05) is 67.6 Å². The summed E-state index contributed by atoms with van der Waals surface area (Å²) in [5.74, 6) is 0.801. The van der Waals surface area contributed by atoms with Crippen molar-refractivity contribution in [3.05, 3.63) is 77.9 Å². The number of hydrogen-bond acceptors (Lipinski definition) is 4. The highest BCUT2D eigenvalue weighted by molar-refractivity contribution is 5.89. The molecule has 0 saturated heterocycles. The molecule has 0 bridgehead atoms. The van der Waals surface area contributed by atoms with E-state index in [4.69, 9.17) is 0 Å². The van der Waals surface area contributed by atoms with Crippen LogP contribution in [0.2, 0.25) is 0 Å². The molecule has 6 heteroatoms. The van der Waals surface area contributed by atoms with E-state index in [1.165, 1.54) is 0 Å². The van der Waals surface area contributed by atoms with Crippen LogP contribution in [0, 0.1) is 0 Å². The summed E-state index contributed by atoms with van der Waals surface area (Å²) in [5, 5.41) is 10.5. The van der Waals surface area contributed by atoms with Gasteiger partial charge in [0.2, 0.25) is 11.9 Å². The second-order valence-corrected chi connectivity index (χ2v) is 6.03. The lowest BCUT2D eigenvalue weighted by Crippen LogP contribution is -2.20. The van der Waals surface area contributed by atoms with Crippen LogP contribution in [0.1, 0.15) is 30.5 Å². The van der Waals surface area contributed by atoms with Gasteiger partial charge in [-0.2, -0.15) is 4.98 Å². The van der Waals surface area contributed by atoms with Crippen LogP contribution in [0.3, 0.4) is 0 Å². The number of carbonyl (C=O) groups is 1. The van der Waals surface area contributed by atoms with Gasteiger partial charge in [-0.25, -0.2) is 4.68 Å². The van der Waals surface area contributed by atoms with Gasteiger partial charge in [0.15, 0.2) is 0 Å². The Labute approximate surface area is 151 Å². The number of allylic oxidation sites excluding steroid dienone is 1. The van der Waals surface area contributed by atoms with E-state index in [-0.39, 0.29) is 11.9 Å². The molecule has 1 amide bonds. The highest BCUT2D eigenvalue weighted by Gasteiger charge is 2.25. The molecule has 1 unspecified atom stereocenters. The van der Waals surface area contributed by atoms with Crippen LogP contribution < -0.4 is 10.6 Å². The molecule has 0 saturated carbocycles. The molecule has 2 N–H and O–H groups in total. The summed E-state index contributed by atoms with van der Waals surface area (Å²) in [7, 11) is 0. The van der Waals surface area contributed by atoms with E-state index in [9.17, 15) is 4.79 Å². The first-order chi connectivity index (χ1) is 12.7. The normalized spacial score (nSPS) is 15.6. The minimum atomic E-state index is -0.111. The summed E-state index contributed by atoms with van der Waals surface area (Å²) in [6.07, 6.45) is 2.50. The molecule has 1 atom stereocenters. The van der Waals surface area contributed by atoms with Crippen molar-refractivity contribution in [3.8, 4) is 0 Å². The quantitative estimate of drug-likeness (QED) is 0.756. The Morgan fingerprint density at radius 3 is 2.50 bits per heavy atom. The van der Waals surface area contributed by atoms with E-state index in [1.54, 1.807) is 11.6 Å². The zero-order valence-electron chi connectivity index (χ0n) is 14.4. The van der Waals surface area contributed by atoms with E-state index >= 15 is 0 Å². The number of amides is 1. The SMILES string of the molecule is CCC(=O)Nc1nc2n(n1)C(c1ccccc1)C=C(c1ccccc1)N2. The van der Waals surface area contributed by atoms with E-state index in [1.807, 2.05) is 48.5 Å². The number of rotatable bonds is 4. The number of carbonyl (C=O) groups excluding carboxylic acids is 1. The van der Waals surface area contributed by atoms with E-state index < -0.39 is 0 Å². The van der Waals surface area contributed by atoms with Gasteiger partial charge in [-0.3, -0.25) is 10.1 Å². The maximum Gasteiger partial charge on any atom is 0.250 e. The molecule has 1 aliphatic heterocycles. The molecule has 3 aromatic rings. The molecule has 26 heavy (non-hydrogen) atoms. The molecule has 4 rings (SSSR count). The zero-order chi connectivity index (χ0) is 17.9. The molecule has 130 valence electrons. The Kier molecular flexibility index (Phi) is 4.23. The van der Waals surface area contributed by atoms with Crippen LogP contribution >= 0.6 is 0 Å². The lowest BCUT2D eigenvalue weighted by molar-refractivity contribution is -0.115. The predicted molar refractivity (Wildman–Crippen MR) is 102 cm³/mol. The van der Waals surface area contributed by atoms with Crippen LogP contribution in [-0.4, -0.2) is 20.7 Å². The molecule has 0 aliphatic carbocycles. The molecule has 0 fully saturated rings. The Morgan fingerprint density at radius 2 is 1.81 bits per heavy atom. The minimum absolute atomic E-state index is 0.109. The number of anilines is 2. The molecular weight excluding hydrogens is 326 g/mol. The lowest BCUT2D eigenvalue weighted by atomic mass is 10.0. The average molecular weight is 345 g/mol. The molecule has 1 aromatic heterocycles. The van der Waals surface area contributed by atoms with Gasteiger partial charge in [-0.05, 0) is 17.2 Å². The average Bonchev–Trinajstić information content (AvgIpc) is 3.10. The summed E-state index contributed by atoms with van der Waals surface area (Å²) in [5.41, 5.74) is 3.14. The van der Waals surface area contributed by atoms with Gasteiger partial charge in [0, 0.05) is 12.1 Å². The van der Waals surface area contributed by atoms with Crippen molar-refractivity contribution in [1.29, 1.82) is 0 Å². The standard InChI is InChI=1S/C20H19N5O/c1-2-18(26)22-19-23-20-21-16(14-9-5-3-6-10-14)13-17(25(20)24-19)15-11-7-4-8-12-15/h3-13,17H,2H2,1H3,(H2,21,22,23,24,26). The molecule has 6 nitrogen and oxygen atoms in total. The molecule has 0 spiro atoms. The first kappa shape index (κ1) is 16.1. The highest BCUT2D eigenvalue weighted by Crippen LogP contribution is 2.32. The topological polar surface area (TPSA) is 71.8 Å². The monoisotopic (exact) mass is 345 g/mol. The molecule has 2 heterocycles. The summed E-state index contributed by atoms with van der Waals surface area (Å²) in [4.78, 5) is 16.2. The fourth-order valence-corrected chi connectivity index (χ4v) is 2.93. The van der Waals surface area contributed by atoms with Crippen molar-refractivity contribution in [3.63, 3.8) is 0 Å². The maximum absolute atomic E-state index is 11.7. The molecule has 2 aromatic carbocycles. The highest BCUT2D eigenvalue weighted by atomic mass is 16.1. The van der Waals surface area contributed by atoms with Crippen LogP contribution in [-0.2, 0) is 4.79 Å². The van der Waals surface area contributed by atoms with Crippen LogP contribution in [0.5, 0.6) is 0 Å². The number of benzene rings is 2. The Morgan fingerprint density at radius 1 is 1.12 bits per heavy atom. The summed E-state index contributed by atoms with van der Waals surface area (Å²) in [6, 6.07) is 20.1. The Balaban J connectivity index is 1.77. The van der Waals surface area contributed by atoms with Gasteiger partial charge >= 0.3 is 0 Å². The third-order valence-corrected chi connectivity index (χ3v) is 4.26. The second-order valence-electron chi connectivity index (χ2n) is 6.03. The number of aromatic nitrogens is 3. The molecule has 0 radical (unpaired) electrons. The van der Waals surface area contributed by atoms with Crippen molar-refractivity contribution in [1.82, 2.24) is 14.8 Å². The van der Waals surface area contributed by atoms with E-state index in [0.717, 1.165) is 16.8 Å². The van der Waals surface area contributed by atoms with Crippen molar-refractivity contribution in [2.24, 2.45) is 0 Å². The summed E-state index contributed by atoms with van der Waals surface area (Å²) >= 11 is 0. The van der Waals surface area contributed by atoms with Gasteiger partial charge < -0.3 is 5.32 Å². The first-order valence-corrected chi connectivity index (χ1v) is 8.60. The number of hydrogen-bond donors (Lipinski definition) is 2. The van der Waals surface area contributed by atoms with Crippen molar-refractivity contribution >= 4 is 23.5 Å². The van der Waals surface area contributed by atoms with E-state index in [2.05, 4.69) is 38.9 Å². The Hall–Kier alpha value is -3.41. The van der Waals surface area contributed by atoms with Crippen molar-refractivity contribution in [2.75, 3.05) is 10.6 Å².